The number of anilines is 2. The van der Waals surface area contributed by atoms with Crippen molar-refractivity contribution in [1.29, 1.82) is 0 Å². The quantitative estimate of drug-likeness (QED) is 0.435. The number of pyridine rings is 1. The molecule has 1 saturated carbocycles. The first-order valence-electron chi connectivity index (χ1n) is 14.5. The maximum absolute atomic E-state index is 14.0. The van der Waals surface area contributed by atoms with Gasteiger partial charge in [0.1, 0.15) is 11.4 Å². The molecule has 43 heavy (non-hydrogen) atoms. The van der Waals surface area contributed by atoms with Crippen LogP contribution < -0.4 is 15.8 Å². The first-order chi connectivity index (χ1) is 20.3. The van der Waals surface area contributed by atoms with Gasteiger partial charge in [-0.3, -0.25) is 14.5 Å². The highest BCUT2D eigenvalue weighted by atomic mass is 19.3. The summed E-state index contributed by atoms with van der Waals surface area (Å²) in [6.07, 6.45) is 3.11. The number of benzene rings is 1. The topological polar surface area (TPSA) is 98.0 Å². The lowest BCUT2D eigenvalue weighted by Gasteiger charge is -2.44. The molecular weight excluding hydrogens is 563 g/mol. The largest absolute Gasteiger partial charge is 0.443 e. The van der Waals surface area contributed by atoms with Gasteiger partial charge in [-0.15, -0.1) is 0 Å². The summed E-state index contributed by atoms with van der Waals surface area (Å²) in [5, 5.41) is 2.59. The van der Waals surface area contributed by atoms with Gasteiger partial charge in [-0.25, -0.2) is 18.0 Å². The third kappa shape index (κ3) is 7.78. The summed E-state index contributed by atoms with van der Waals surface area (Å²) in [7, 11) is 2.02. The molecule has 2 unspecified atom stereocenters. The van der Waals surface area contributed by atoms with Crippen LogP contribution in [0.5, 0.6) is 0 Å². The van der Waals surface area contributed by atoms with E-state index in [1.807, 2.05) is 25.8 Å². The van der Waals surface area contributed by atoms with E-state index in [1.165, 1.54) is 30.2 Å². The number of carbonyl (C=O) groups excluding carboxylic acids is 2. The van der Waals surface area contributed by atoms with Crippen LogP contribution in [0.15, 0.2) is 46.9 Å². The molecule has 2 aromatic rings. The zero-order valence-electron chi connectivity index (χ0n) is 25.3. The number of ether oxygens (including phenoxy) is 1. The third-order valence-corrected chi connectivity index (χ3v) is 8.45. The van der Waals surface area contributed by atoms with Crippen molar-refractivity contribution in [3.63, 3.8) is 0 Å². The lowest BCUT2D eigenvalue weighted by molar-refractivity contribution is -0.0451. The fourth-order valence-corrected chi connectivity index (χ4v) is 5.41. The minimum Gasteiger partial charge on any atom is -0.443 e. The van der Waals surface area contributed by atoms with Crippen LogP contribution in [0.25, 0.3) is 0 Å². The number of halogens is 3. The number of aromatic amines is 1. The molecule has 9 nitrogen and oxygen atoms in total. The van der Waals surface area contributed by atoms with Crippen molar-refractivity contribution >= 4 is 23.4 Å². The number of likely N-dealkylation sites (N-methyl/N-ethyl adjacent to an activating group) is 1. The summed E-state index contributed by atoms with van der Waals surface area (Å²) in [5.41, 5.74) is 0.153. The van der Waals surface area contributed by atoms with Gasteiger partial charge >= 0.3 is 6.09 Å². The number of nitrogens with one attached hydrogen (secondary N) is 2. The predicted molar refractivity (Wildman–Crippen MR) is 159 cm³/mol. The molecule has 1 aromatic heterocycles. The van der Waals surface area contributed by atoms with E-state index < -0.39 is 29.3 Å². The van der Waals surface area contributed by atoms with Crippen molar-refractivity contribution in [2.45, 2.75) is 71.1 Å². The molecule has 3 aliphatic rings. The van der Waals surface area contributed by atoms with E-state index in [4.69, 9.17) is 4.74 Å². The van der Waals surface area contributed by atoms with Crippen molar-refractivity contribution in [3.05, 3.63) is 69.4 Å². The number of amides is 2. The van der Waals surface area contributed by atoms with Gasteiger partial charge in [-0.2, -0.15) is 0 Å². The lowest BCUT2D eigenvalue weighted by Crippen LogP contribution is -2.55. The van der Waals surface area contributed by atoms with Crippen molar-refractivity contribution in [3.8, 4) is 0 Å². The highest BCUT2D eigenvalue weighted by Gasteiger charge is 2.37. The van der Waals surface area contributed by atoms with Gasteiger partial charge < -0.3 is 24.8 Å². The fourth-order valence-electron chi connectivity index (χ4n) is 5.41. The molecule has 0 bridgehead atoms. The van der Waals surface area contributed by atoms with Gasteiger partial charge in [0.25, 0.3) is 12.3 Å². The SMILES string of the molecule is CC1=CCN(C(=O)OC2(C)CCC2)C1.CC1CN(c2cc(F)ccc2NC(=O)c2c[nH]c(=O)cc2C(F)F)CC(C)N1C. The van der Waals surface area contributed by atoms with E-state index in [-0.39, 0.29) is 29.3 Å². The number of aromatic nitrogens is 1. The lowest BCUT2D eigenvalue weighted by atomic mass is 9.82. The zero-order chi connectivity index (χ0) is 31.5. The first kappa shape index (κ1) is 32.1. The number of hydrogen-bond donors (Lipinski definition) is 2. The van der Waals surface area contributed by atoms with Crippen LogP contribution >= 0.6 is 0 Å². The summed E-state index contributed by atoms with van der Waals surface area (Å²) < 4.78 is 45.9. The average molecular weight is 604 g/mol. The second-order valence-electron chi connectivity index (χ2n) is 12.0. The van der Waals surface area contributed by atoms with Crippen LogP contribution in [0.2, 0.25) is 0 Å². The predicted octanol–water partition coefficient (Wildman–Crippen LogP) is 5.56. The molecular formula is C31H40F3N5O4. The van der Waals surface area contributed by atoms with Crippen molar-refractivity contribution in [1.82, 2.24) is 14.8 Å². The van der Waals surface area contributed by atoms with Crippen LogP contribution in [0.3, 0.4) is 0 Å². The van der Waals surface area contributed by atoms with E-state index in [0.717, 1.165) is 25.6 Å². The Hall–Kier alpha value is -3.80. The van der Waals surface area contributed by atoms with Crippen LogP contribution in [0.1, 0.15) is 69.3 Å². The average Bonchev–Trinajstić information content (AvgIpc) is 3.38. The van der Waals surface area contributed by atoms with Gasteiger partial charge in [-0.1, -0.05) is 11.6 Å². The Morgan fingerprint density at radius 3 is 2.37 bits per heavy atom. The molecule has 1 aromatic carbocycles. The molecule has 234 valence electrons. The summed E-state index contributed by atoms with van der Waals surface area (Å²) in [6, 6.07) is 5.04. The van der Waals surface area contributed by atoms with Crippen LogP contribution in [-0.4, -0.2) is 77.7 Å². The molecule has 0 spiro atoms. The van der Waals surface area contributed by atoms with Gasteiger partial charge in [0.2, 0.25) is 5.56 Å². The van der Waals surface area contributed by atoms with Gasteiger partial charge in [0.05, 0.1) is 16.9 Å². The summed E-state index contributed by atoms with van der Waals surface area (Å²) >= 11 is 0. The first-order valence-corrected chi connectivity index (χ1v) is 14.5. The maximum Gasteiger partial charge on any atom is 0.410 e. The Bertz CT molecular complexity index is 1410. The highest BCUT2D eigenvalue weighted by Crippen LogP contribution is 2.35. The smallest absolute Gasteiger partial charge is 0.410 e. The second-order valence-corrected chi connectivity index (χ2v) is 12.0. The Kier molecular flexibility index (Phi) is 9.89. The number of carbonyl (C=O) groups is 2. The molecule has 5 rings (SSSR count). The zero-order valence-corrected chi connectivity index (χ0v) is 25.3. The van der Waals surface area contributed by atoms with E-state index in [0.29, 0.717) is 37.1 Å². The molecule has 1 aliphatic carbocycles. The van der Waals surface area contributed by atoms with Crippen LogP contribution in [0.4, 0.5) is 29.3 Å². The van der Waals surface area contributed by atoms with Crippen molar-refractivity contribution in [2.75, 3.05) is 43.4 Å². The number of nitrogens with zero attached hydrogens (tertiary/aromatic N) is 3. The molecule has 3 heterocycles. The molecule has 2 N–H and O–H groups in total. The van der Waals surface area contributed by atoms with Gasteiger partial charge in [0, 0.05) is 56.1 Å². The van der Waals surface area contributed by atoms with Crippen LogP contribution in [-0.2, 0) is 4.74 Å². The van der Waals surface area contributed by atoms with E-state index in [9.17, 15) is 27.6 Å². The van der Waals surface area contributed by atoms with Gasteiger partial charge in [0.15, 0.2) is 0 Å². The minimum absolute atomic E-state index is 0.152. The number of rotatable bonds is 5. The molecule has 2 atom stereocenters. The molecule has 2 amide bonds. The number of piperazine rings is 1. The molecule has 0 radical (unpaired) electrons. The standard InChI is InChI=1S/C20H23F3N4O2.C11H17NO2/c1-11-9-27(10-12(2)26(11)3)17-6-13(21)4-5-16(17)25-20(29)15-8-24-18(28)7-14(15)19(22)23;1-9-4-7-12(8-9)10(13)14-11(2)5-3-6-11/h4-8,11-12,19H,9-10H2,1-3H3,(H,24,28)(H,25,29);4H,3,5-8H2,1-2H3. The number of H-pyrrole nitrogens is 1. The Balaban J connectivity index is 0.000000251. The molecule has 1 saturated heterocycles. The maximum atomic E-state index is 14.0. The number of hydrogen-bond acceptors (Lipinski definition) is 6. The Morgan fingerprint density at radius 2 is 1.81 bits per heavy atom. The molecule has 2 aliphatic heterocycles. The van der Waals surface area contributed by atoms with E-state index >= 15 is 0 Å². The van der Waals surface area contributed by atoms with Crippen molar-refractivity contribution < 1.29 is 27.5 Å². The van der Waals surface area contributed by atoms with Crippen LogP contribution in [0, 0.1) is 5.82 Å². The summed E-state index contributed by atoms with van der Waals surface area (Å²) in [5.74, 6) is -1.27. The van der Waals surface area contributed by atoms with Crippen molar-refractivity contribution in [2.24, 2.45) is 0 Å². The molecule has 12 heteroatoms. The third-order valence-electron chi connectivity index (χ3n) is 8.45. The molecule has 2 fully saturated rings. The normalized spacial score (nSPS) is 21.5. The number of alkyl halides is 2. The Labute approximate surface area is 249 Å². The summed E-state index contributed by atoms with van der Waals surface area (Å²) in [6.45, 7) is 10.8. The minimum atomic E-state index is -2.98. The summed E-state index contributed by atoms with van der Waals surface area (Å²) in [4.78, 5) is 43.8. The monoisotopic (exact) mass is 603 g/mol. The van der Waals surface area contributed by atoms with E-state index in [2.05, 4.69) is 35.1 Å². The Morgan fingerprint density at radius 1 is 1.14 bits per heavy atom. The highest BCUT2D eigenvalue weighted by molar-refractivity contribution is 6.06. The fraction of sp³-hybridized carbons (Fsp3) is 0.516. The second kappa shape index (κ2) is 13.2. The van der Waals surface area contributed by atoms with Gasteiger partial charge in [-0.05, 0) is 72.2 Å². The van der Waals surface area contributed by atoms with E-state index in [1.54, 1.807) is 4.90 Å².